The van der Waals surface area contributed by atoms with E-state index in [4.69, 9.17) is 4.74 Å². The molecule has 0 bridgehead atoms. The van der Waals surface area contributed by atoms with E-state index in [1.807, 2.05) is 6.92 Å². The summed E-state index contributed by atoms with van der Waals surface area (Å²) in [6.45, 7) is 2.60. The summed E-state index contributed by atoms with van der Waals surface area (Å²) in [4.78, 5) is 0. The number of alkyl halides is 3. The molecule has 0 N–H and O–H groups in total. The van der Waals surface area contributed by atoms with Gasteiger partial charge in [0, 0.05) is 0 Å². The fourth-order valence-corrected chi connectivity index (χ4v) is 1.07. The summed E-state index contributed by atoms with van der Waals surface area (Å²) in [7, 11) is 0. The first kappa shape index (κ1) is 12.7. The molecule has 0 saturated heterocycles. The second kappa shape index (κ2) is 5.63. The Morgan fingerprint density at radius 1 is 1.06 bits per heavy atom. The van der Waals surface area contributed by atoms with E-state index in [0.29, 0.717) is 12.4 Å². The quantitative estimate of drug-likeness (QED) is 0.722. The fraction of sp³-hybridized carbons (Fsp3) is 0.455. The topological polar surface area (TPSA) is 18.5 Å². The van der Waals surface area contributed by atoms with Crippen LogP contribution in [0.2, 0.25) is 0 Å². The van der Waals surface area contributed by atoms with Crippen LogP contribution in [0.4, 0.5) is 13.2 Å². The summed E-state index contributed by atoms with van der Waals surface area (Å²) in [6.07, 6.45) is -2.72. The molecule has 5 heteroatoms. The van der Waals surface area contributed by atoms with Gasteiger partial charge >= 0.3 is 6.36 Å². The number of ether oxygens (including phenoxy) is 2. The van der Waals surface area contributed by atoms with E-state index < -0.39 is 6.36 Å². The molecule has 0 aromatic heterocycles. The second-order valence-corrected chi connectivity index (χ2v) is 3.22. The van der Waals surface area contributed by atoms with E-state index in [1.54, 1.807) is 0 Å². The monoisotopic (exact) mass is 234 g/mol. The summed E-state index contributed by atoms with van der Waals surface area (Å²) >= 11 is 0. The predicted molar refractivity (Wildman–Crippen MR) is 53.5 cm³/mol. The SMILES string of the molecule is CCCCOc1ccc(OC(F)(F)F)cc1. The largest absolute Gasteiger partial charge is 0.573 e. The summed E-state index contributed by atoms with van der Waals surface area (Å²) in [5.74, 6) is 0.304. The summed E-state index contributed by atoms with van der Waals surface area (Å²) in [5.41, 5.74) is 0. The van der Waals surface area contributed by atoms with Gasteiger partial charge in [0.1, 0.15) is 11.5 Å². The van der Waals surface area contributed by atoms with Gasteiger partial charge < -0.3 is 9.47 Å². The van der Waals surface area contributed by atoms with Crippen molar-refractivity contribution in [3.63, 3.8) is 0 Å². The van der Waals surface area contributed by atoms with Crippen LogP contribution < -0.4 is 9.47 Å². The third-order valence-electron chi connectivity index (χ3n) is 1.82. The molecule has 0 unspecified atom stereocenters. The molecule has 0 saturated carbocycles. The van der Waals surface area contributed by atoms with Crippen LogP contribution in [0.1, 0.15) is 19.8 Å². The van der Waals surface area contributed by atoms with Crippen molar-refractivity contribution in [2.45, 2.75) is 26.1 Å². The Bertz CT molecular complexity index is 306. The number of rotatable bonds is 5. The molecular weight excluding hydrogens is 221 g/mol. The predicted octanol–water partition coefficient (Wildman–Crippen LogP) is 3.76. The molecule has 16 heavy (non-hydrogen) atoms. The van der Waals surface area contributed by atoms with Gasteiger partial charge in [0.2, 0.25) is 0 Å². The van der Waals surface area contributed by atoms with Crippen molar-refractivity contribution in [1.29, 1.82) is 0 Å². The standard InChI is InChI=1S/C11H13F3O2/c1-2-3-8-15-9-4-6-10(7-5-9)16-11(12,13)14/h4-7H,2-3,8H2,1H3. The van der Waals surface area contributed by atoms with Gasteiger partial charge in [-0.3, -0.25) is 0 Å². The highest BCUT2D eigenvalue weighted by Gasteiger charge is 2.30. The molecule has 0 amide bonds. The minimum absolute atomic E-state index is 0.240. The number of hydrogen-bond donors (Lipinski definition) is 0. The van der Waals surface area contributed by atoms with Crippen LogP contribution in [0.25, 0.3) is 0 Å². The summed E-state index contributed by atoms with van der Waals surface area (Å²) in [6, 6.07) is 5.37. The van der Waals surface area contributed by atoms with Crippen molar-refractivity contribution >= 4 is 0 Å². The summed E-state index contributed by atoms with van der Waals surface area (Å²) < 4.78 is 44.5. The molecule has 0 aliphatic heterocycles. The minimum Gasteiger partial charge on any atom is -0.494 e. The van der Waals surface area contributed by atoms with E-state index in [1.165, 1.54) is 24.3 Å². The number of benzene rings is 1. The maximum Gasteiger partial charge on any atom is 0.573 e. The van der Waals surface area contributed by atoms with Crippen molar-refractivity contribution in [1.82, 2.24) is 0 Å². The normalized spacial score (nSPS) is 11.2. The Morgan fingerprint density at radius 2 is 1.62 bits per heavy atom. The van der Waals surface area contributed by atoms with Gasteiger partial charge in [0.15, 0.2) is 0 Å². The van der Waals surface area contributed by atoms with E-state index in [0.717, 1.165) is 12.8 Å². The molecule has 1 aromatic carbocycles. The molecule has 0 radical (unpaired) electrons. The Morgan fingerprint density at radius 3 is 2.12 bits per heavy atom. The lowest BCUT2D eigenvalue weighted by molar-refractivity contribution is -0.274. The van der Waals surface area contributed by atoms with Crippen molar-refractivity contribution in [2.24, 2.45) is 0 Å². The minimum atomic E-state index is -4.65. The Balaban J connectivity index is 2.48. The number of hydrogen-bond acceptors (Lipinski definition) is 2. The molecule has 0 aliphatic carbocycles. The lowest BCUT2D eigenvalue weighted by Gasteiger charge is -2.09. The zero-order valence-electron chi connectivity index (χ0n) is 8.88. The molecule has 90 valence electrons. The van der Waals surface area contributed by atoms with E-state index in [-0.39, 0.29) is 5.75 Å². The lowest BCUT2D eigenvalue weighted by atomic mass is 10.3. The first-order valence-electron chi connectivity index (χ1n) is 5.00. The van der Waals surface area contributed by atoms with Crippen LogP contribution in [-0.4, -0.2) is 13.0 Å². The van der Waals surface area contributed by atoms with E-state index >= 15 is 0 Å². The molecule has 0 aliphatic rings. The molecule has 0 spiro atoms. The highest BCUT2D eigenvalue weighted by atomic mass is 19.4. The zero-order valence-corrected chi connectivity index (χ0v) is 8.88. The molecule has 1 rings (SSSR count). The van der Waals surface area contributed by atoms with Crippen molar-refractivity contribution in [3.8, 4) is 11.5 Å². The Labute approximate surface area is 92.0 Å². The second-order valence-electron chi connectivity index (χ2n) is 3.22. The third-order valence-corrected chi connectivity index (χ3v) is 1.82. The lowest BCUT2D eigenvalue weighted by Crippen LogP contribution is -2.16. The maximum atomic E-state index is 11.8. The first-order chi connectivity index (χ1) is 7.51. The smallest absolute Gasteiger partial charge is 0.494 e. The van der Waals surface area contributed by atoms with Gasteiger partial charge in [-0.2, -0.15) is 0 Å². The Kier molecular flexibility index (Phi) is 4.46. The Hall–Kier alpha value is -1.39. The van der Waals surface area contributed by atoms with Crippen molar-refractivity contribution in [2.75, 3.05) is 6.61 Å². The van der Waals surface area contributed by atoms with Crippen molar-refractivity contribution in [3.05, 3.63) is 24.3 Å². The molecular formula is C11H13F3O2. The zero-order chi connectivity index (χ0) is 12.0. The number of halogens is 3. The molecule has 2 nitrogen and oxygen atoms in total. The van der Waals surface area contributed by atoms with E-state index in [9.17, 15) is 13.2 Å². The van der Waals surface area contributed by atoms with Crippen LogP contribution in [0.15, 0.2) is 24.3 Å². The summed E-state index contributed by atoms with van der Waals surface area (Å²) in [5, 5.41) is 0. The third kappa shape index (κ3) is 4.91. The van der Waals surface area contributed by atoms with Crippen LogP contribution in [0, 0.1) is 0 Å². The fourth-order valence-electron chi connectivity index (χ4n) is 1.07. The average Bonchev–Trinajstić information content (AvgIpc) is 2.19. The molecule has 0 atom stereocenters. The van der Waals surface area contributed by atoms with Gasteiger partial charge in [0.25, 0.3) is 0 Å². The van der Waals surface area contributed by atoms with Crippen molar-refractivity contribution < 1.29 is 22.6 Å². The van der Waals surface area contributed by atoms with Gasteiger partial charge in [-0.1, -0.05) is 13.3 Å². The van der Waals surface area contributed by atoms with Crippen LogP contribution in [-0.2, 0) is 0 Å². The first-order valence-corrected chi connectivity index (χ1v) is 5.00. The van der Waals surface area contributed by atoms with Crippen LogP contribution in [0.3, 0.4) is 0 Å². The van der Waals surface area contributed by atoms with Gasteiger partial charge in [-0.05, 0) is 30.7 Å². The highest BCUT2D eigenvalue weighted by Crippen LogP contribution is 2.24. The molecule has 0 heterocycles. The molecule has 1 aromatic rings. The molecule has 0 fully saturated rings. The average molecular weight is 234 g/mol. The van der Waals surface area contributed by atoms with Gasteiger partial charge in [-0.15, -0.1) is 13.2 Å². The van der Waals surface area contributed by atoms with Gasteiger partial charge in [0.05, 0.1) is 6.61 Å². The number of unbranched alkanes of at least 4 members (excludes halogenated alkanes) is 1. The maximum absolute atomic E-state index is 11.8. The van der Waals surface area contributed by atoms with E-state index in [2.05, 4.69) is 4.74 Å². The highest BCUT2D eigenvalue weighted by molar-refractivity contribution is 5.31. The van der Waals surface area contributed by atoms with Crippen LogP contribution in [0.5, 0.6) is 11.5 Å². The van der Waals surface area contributed by atoms with Crippen LogP contribution >= 0.6 is 0 Å². The van der Waals surface area contributed by atoms with Gasteiger partial charge in [-0.25, -0.2) is 0 Å².